The first-order valence-electron chi connectivity index (χ1n) is 7.94. The van der Waals surface area contributed by atoms with Crippen LogP contribution in [0, 0.1) is 11.2 Å². The summed E-state index contributed by atoms with van der Waals surface area (Å²) in [6.07, 6.45) is 2.72. The van der Waals surface area contributed by atoms with E-state index in [1.807, 2.05) is 0 Å². The molecule has 1 fully saturated rings. The number of aromatic carboxylic acids is 1. The fourth-order valence-corrected chi connectivity index (χ4v) is 3.03. The van der Waals surface area contributed by atoms with E-state index in [1.54, 1.807) is 12.1 Å². The molecule has 0 bridgehead atoms. The fraction of sp³-hybridized carbons (Fsp3) is 0.263. The van der Waals surface area contributed by atoms with Crippen molar-refractivity contribution in [3.63, 3.8) is 0 Å². The maximum atomic E-state index is 13.0. The van der Waals surface area contributed by atoms with Gasteiger partial charge in [-0.2, -0.15) is 0 Å². The fourth-order valence-electron chi connectivity index (χ4n) is 2.82. The van der Waals surface area contributed by atoms with Gasteiger partial charge in [0.2, 0.25) is 0 Å². The first-order valence-corrected chi connectivity index (χ1v) is 8.32. The molecule has 0 radical (unpaired) electrons. The van der Waals surface area contributed by atoms with Crippen molar-refractivity contribution in [1.82, 2.24) is 5.32 Å². The minimum absolute atomic E-state index is 0.0157. The van der Waals surface area contributed by atoms with Crippen LogP contribution in [0.2, 0.25) is 5.02 Å². The zero-order chi connectivity index (χ0) is 18.0. The Hall–Kier alpha value is -2.40. The number of amides is 1. The topological polar surface area (TPSA) is 66.4 Å². The highest BCUT2D eigenvalue weighted by molar-refractivity contribution is 6.34. The smallest absolute Gasteiger partial charge is 0.335 e. The first kappa shape index (κ1) is 17.4. The quantitative estimate of drug-likeness (QED) is 0.819. The summed E-state index contributed by atoms with van der Waals surface area (Å²) in [5.41, 5.74) is 1.17. The predicted octanol–water partition coefficient (Wildman–Crippen LogP) is 3.93. The van der Waals surface area contributed by atoms with E-state index in [4.69, 9.17) is 16.7 Å². The van der Waals surface area contributed by atoms with Gasteiger partial charge in [-0.05, 0) is 60.6 Å². The first-order chi connectivity index (χ1) is 11.9. The lowest BCUT2D eigenvalue weighted by Gasteiger charge is -2.17. The van der Waals surface area contributed by atoms with E-state index in [0.29, 0.717) is 6.54 Å². The third-order valence-electron chi connectivity index (χ3n) is 4.53. The monoisotopic (exact) mass is 361 g/mol. The van der Waals surface area contributed by atoms with Crippen LogP contribution in [0.5, 0.6) is 0 Å². The molecular weight excluding hydrogens is 345 g/mol. The standard InChI is InChI=1S/C19H17ClFNO3/c20-16-6-3-13(18(24)25)9-15(16)17(23)22-11-19(7-8-19)10-12-1-4-14(21)5-2-12/h1-6,9H,7-8,10-11H2,(H,22,23)(H,24,25). The lowest BCUT2D eigenvalue weighted by Crippen LogP contribution is -2.31. The summed E-state index contributed by atoms with van der Waals surface area (Å²) in [7, 11) is 0. The Kier molecular flexibility index (Phi) is 4.77. The number of carbonyl (C=O) groups is 2. The largest absolute Gasteiger partial charge is 0.478 e. The molecule has 0 unspecified atom stereocenters. The molecule has 0 aromatic heterocycles. The highest BCUT2D eigenvalue weighted by atomic mass is 35.5. The molecule has 0 atom stereocenters. The summed E-state index contributed by atoms with van der Waals surface area (Å²) in [5, 5.41) is 12.1. The highest BCUT2D eigenvalue weighted by Crippen LogP contribution is 2.47. The third-order valence-corrected chi connectivity index (χ3v) is 4.86. The second-order valence-corrected chi connectivity index (χ2v) is 6.89. The van der Waals surface area contributed by atoms with E-state index in [-0.39, 0.29) is 27.4 Å². The van der Waals surface area contributed by atoms with Crippen LogP contribution in [0.3, 0.4) is 0 Å². The summed E-state index contributed by atoms with van der Waals surface area (Å²) in [4.78, 5) is 23.4. The van der Waals surface area contributed by atoms with E-state index in [0.717, 1.165) is 24.8 Å². The van der Waals surface area contributed by atoms with Gasteiger partial charge >= 0.3 is 5.97 Å². The number of halogens is 2. The molecular formula is C19H17ClFNO3. The number of carboxylic acids is 1. The van der Waals surface area contributed by atoms with Crippen molar-refractivity contribution in [3.8, 4) is 0 Å². The number of nitrogens with one attached hydrogen (secondary N) is 1. The Morgan fingerprint density at radius 2 is 1.84 bits per heavy atom. The van der Waals surface area contributed by atoms with Gasteiger partial charge in [-0.25, -0.2) is 9.18 Å². The SMILES string of the molecule is O=C(O)c1ccc(Cl)c(C(=O)NCC2(Cc3ccc(F)cc3)CC2)c1. The van der Waals surface area contributed by atoms with Gasteiger partial charge in [0, 0.05) is 6.54 Å². The van der Waals surface area contributed by atoms with Crippen LogP contribution >= 0.6 is 11.6 Å². The van der Waals surface area contributed by atoms with E-state index >= 15 is 0 Å². The zero-order valence-electron chi connectivity index (χ0n) is 13.4. The minimum atomic E-state index is -1.11. The van der Waals surface area contributed by atoms with Gasteiger partial charge in [0.1, 0.15) is 5.82 Å². The number of carboxylic acid groups (broad SMARTS) is 1. The summed E-state index contributed by atoms with van der Waals surface area (Å²) in [6, 6.07) is 10.4. The molecule has 0 aliphatic heterocycles. The molecule has 1 aliphatic rings. The third kappa shape index (κ3) is 4.17. The van der Waals surface area contributed by atoms with Gasteiger partial charge in [-0.1, -0.05) is 23.7 Å². The van der Waals surface area contributed by atoms with Crippen molar-refractivity contribution >= 4 is 23.5 Å². The molecule has 3 rings (SSSR count). The molecule has 1 saturated carbocycles. The van der Waals surface area contributed by atoms with Gasteiger partial charge in [0.25, 0.3) is 5.91 Å². The van der Waals surface area contributed by atoms with Crippen molar-refractivity contribution < 1.29 is 19.1 Å². The van der Waals surface area contributed by atoms with Crippen LogP contribution < -0.4 is 5.32 Å². The molecule has 0 heterocycles. The normalized spacial score (nSPS) is 14.8. The second-order valence-electron chi connectivity index (χ2n) is 6.49. The molecule has 25 heavy (non-hydrogen) atoms. The summed E-state index contributed by atoms with van der Waals surface area (Å²) < 4.78 is 13.0. The lowest BCUT2D eigenvalue weighted by molar-refractivity contribution is 0.0697. The van der Waals surface area contributed by atoms with Gasteiger partial charge < -0.3 is 10.4 Å². The summed E-state index contributed by atoms with van der Waals surface area (Å²) in [6.45, 7) is 0.469. The van der Waals surface area contributed by atoms with E-state index in [1.165, 1.54) is 30.3 Å². The Labute approximate surface area is 149 Å². The molecule has 0 spiro atoms. The number of hydrogen-bond donors (Lipinski definition) is 2. The van der Waals surface area contributed by atoms with Crippen LogP contribution in [0.4, 0.5) is 4.39 Å². The lowest BCUT2D eigenvalue weighted by atomic mass is 9.96. The van der Waals surface area contributed by atoms with Crippen LogP contribution in [0.15, 0.2) is 42.5 Å². The van der Waals surface area contributed by atoms with Crippen LogP contribution in [0.25, 0.3) is 0 Å². The molecule has 6 heteroatoms. The van der Waals surface area contributed by atoms with Crippen molar-refractivity contribution in [2.24, 2.45) is 5.41 Å². The Balaban J connectivity index is 1.65. The maximum absolute atomic E-state index is 13.0. The highest BCUT2D eigenvalue weighted by Gasteiger charge is 2.42. The average Bonchev–Trinajstić information content (AvgIpc) is 3.35. The predicted molar refractivity (Wildman–Crippen MR) is 92.5 cm³/mol. The molecule has 130 valence electrons. The summed E-state index contributed by atoms with van der Waals surface area (Å²) in [5.74, 6) is -1.77. The Morgan fingerprint density at radius 3 is 2.44 bits per heavy atom. The molecule has 2 aromatic carbocycles. The van der Waals surface area contributed by atoms with E-state index < -0.39 is 11.9 Å². The van der Waals surface area contributed by atoms with Gasteiger partial charge in [0.05, 0.1) is 16.1 Å². The van der Waals surface area contributed by atoms with Gasteiger partial charge in [-0.3, -0.25) is 4.79 Å². The van der Waals surface area contributed by atoms with Gasteiger partial charge in [0.15, 0.2) is 0 Å². The number of carbonyl (C=O) groups excluding carboxylic acids is 1. The van der Waals surface area contributed by atoms with E-state index in [2.05, 4.69) is 5.32 Å². The Morgan fingerprint density at radius 1 is 1.16 bits per heavy atom. The Bertz CT molecular complexity index is 816. The average molecular weight is 362 g/mol. The summed E-state index contributed by atoms with van der Waals surface area (Å²) >= 11 is 6.02. The van der Waals surface area contributed by atoms with Crippen molar-refractivity contribution in [1.29, 1.82) is 0 Å². The van der Waals surface area contributed by atoms with Crippen LogP contribution in [-0.2, 0) is 6.42 Å². The van der Waals surface area contributed by atoms with Crippen molar-refractivity contribution in [3.05, 3.63) is 70.0 Å². The second kappa shape index (κ2) is 6.84. The van der Waals surface area contributed by atoms with Gasteiger partial charge in [-0.15, -0.1) is 0 Å². The van der Waals surface area contributed by atoms with Crippen LogP contribution in [-0.4, -0.2) is 23.5 Å². The molecule has 1 amide bonds. The van der Waals surface area contributed by atoms with Crippen molar-refractivity contribution in [2.75, 3.05) is 6.54 Å². The molecule has 1 aliphatic carbocycles. The minimum Gasteiger partial charge on any atom is -0.478 e. The maximum Gasteiger partial charge on any atom is 0.335 e. The molecule has 2 aromatic rings. The molecule has 0 saturated heterocycles. The number of benzene rings is 2. The number of hydrogen-bond acceptors (Lipinski definition) is 2. The van der Waals surface area contributed by atoms with E-state index in [9.17, 15) is 14.0 Å². The zero-order valence-corrected chi connectivity index (χ0v) is 14.1. The number of rotatable bonds is 6. The molecule has 4 nitrogen and oxygen atoms in total. The van der Waals surface area contributed by atoms with Crippen LogP contribution in [0.1, 0.15) is 39.1 Å². The molecule has 2 N–H and O–H groups in total. The van der Waals surface area contributed by atoms with Crippen molar-refractivity contribution in [2.45, 2.75) is 19.3 Å².